The molecule has 2 atom stereocenters. The van der Waals surface area contributed by atoms with E-state index in [1.54, 1.807) is 32.1 Å². The molecule has 1 heterocycles. The largest absolute Gasteiger partial charge is 0.508 e. The predicted octanol–water partition coefficient (Wildman–Crippen LogP) is 3.22. The van der Waals surface area contributed by atoms with E-state index in [0.29, 0.717) is 11.1 Å². The van der Waals surface area contributed by atoms with Crippen molar-refractivity contribution in [2.45, 2.75) is 31.7 Å². The van der Waals surface area contributed by atoms with Crippen molar-refractivity contribution < 1.29 is 34.3 Å². The Morgan fingerprint density at radius 3 is 2.38 bits per heavy atom. The number of hydrogen-bond acceptors (Lipinski definition) is 7. The van der Waals surface area contributed by atoms with Crippen LogP contribution in [0.15, 0.2) is 36.4 Å². The summed E-state index contributed by atoms with van der Waals surface area (Å²) in [4.78, 5) is 12.9. The Labute approximate surface area is 168 Å². The highest BCUT2D eigenvalue weighted by Crippen LogP contribution is 2.51. The van der Waals surface area contributed by atoms with Crippen LogP contribution < -0.4 is 9.47 Å². The lowest BCUT2D eigenvalue weighted by molar-refractivity contribution is -0.0885. The Morgan fingerprint density at radius 1 is 1.17 bits per heavy atom. The van der Waals surface area contributed by atoms with Crippen molar-refractivity contribution in [1.82, 2.24) is 0 Å². The van der Waals surface area contributed by atoms with Crippen molar-refractivity contribution >= 4 is 11.9 Å². The molecule has 2 aromatic carbocycles. The maximum absolute atomic E-state index is 12.9. The third kappa shape index (κ3) is 3.92. The standard InChI is InChI=1S/C22H24O7/c1-22(2,26)21-20(28-4)18-16(29-21)11-15(27-3)17(19(18)25)14(24)10-7-12-5-8-13(23)9-6-12/h5-11,20-21,23,25-26H,1-4H3/b10-7+. The van der Waals surface area contributed by atoms with E-state index in [4.69, 9.17) is 14.2 Å². The number of fused-ring (bicyclic) bond motifs is 1. The maximum Gasteiger partial charge on any atom is 0.193 e. The predicted molar refractivity (Wildman–Crippen MR) is 107 cm³/mol. The van der Waals surface area contributed by atoms with Gasteiger partial charge in [-0.15, -0.1) is 0 Å². The molecule has 0 aliphatic carbocycles. The van der Waals surface area contributed by atoms with E-state index in [-0.39, 0.29) is 28.6 Å². The fourth-order valence-corrected chi connectivity index (χ4v) is 3.36. The zero-order valence-corrected chi connectivity index (χ0v) is 16.7. The molecule has 0 saturated carbocycles. The lowest BCUT2D eigenvalue weighted by Crippen LogP contribution is -2.42. The van der Waals surface area contributed by atoms with Gasteiger partial charge in [-0.2, -0.15) is 0 Å². The van der Waals surface area contributed by atoms with E-state index in [2.05, 4.69) is 0 Å². The average molecular weight is 400 g/mol. The van der Waals surface area contributed by atoms with Gasteiger partial charge in [0.25, 0.3) is 0 Å². The maximum atomic E-state index is 12.9. The lowest BCUT2D eigenvalue weighted by atomic mass is 9.92. The number of allylic oxidation sites excluding steroid dienone is 1. The smallest absolute Gasteiger partial charge is 0.193 e. The van der Waals surface area contributed by atoms with E-state index < -0.39 is 23.6 Å². The number of ether oxygens (including phenoxy) is 3. The van der Waals surface area contributed by atoms with Gasteiger partial charge in [0.05, 0.1) is 18.3 Å². The van der Waals surface area contributed by atoms with E-state index in [1.165, 1.54) is 38.5 Å². The van der Waals surface area contributed by atoms with Crippen molar-refractivity contribution in [3.8, 4) is 23.0 Å². The zero-order chi connectivity index (χ0) is 21.3. The zero-order valence-electron chi connectivity index (χ0n) is 16.7. The second-order valence-electron chi connectivity index (χ2n) is 7.35. The molecule has 7 nitrogen and oxygen atoms in total. The topological polar surface area (TPSA) is 105 Å². The van der Waals surface area contributed by atoms with Crippen molar-refractivity contribution in [3.63, 3.8) is 0 Å². The monoisotopic (exact) mass is 400 g/mol. The molecule has 0 aromatic heterocycles. The molecule has 3 N–H and O–H groups in total. The van der Waals surface area contributed by atoms with Crippen molar-refractivity contribution in [1.29, 1.82) is 0 Å². The summed E-state index contributed by atoms with van der Waals surface area (Å²) in [6, 6.07) is 7.83. The minimum absolute atomic E-state index is 0.0247. The lowest BCUT2D eigenvalue weighted by Gasteiger charge is -2.29. The van der Waals surface area contributed by atoms with Gasteiger partial charge < -0.3 is 29.5 Å². The van der Waals surface area contributed by atoms with Crippen LogP contribution in [-0.4, -0.2) is 47.0 Å². The highest BCUT2D eigenvalue weighted by Gasteiger charge is 2.46. The average Bonchev–Trinajstić information content (AvgIpc) is 3.06. The van der Waals surface area contributed by atoms with Crippen LogP contribution >= 0.6 is 0 Å². The summed E-state index contributed by atoms with van der Waals surface area (Å²) in [7, 11) is 2.83. The van der Waals surface area contributed by atoms with Crippen LogP contribution in [-0.2, 0) is 4.74 Å². The Morgan fingerprint density at radius 2 is 1.83 bits per heavy atom. The molecular weight excluding hydrogens is 376 g/mol. The third-order valence-corrected chi connectivity index (χ3v) is 4.82. The molecular formula is C22H24O7. The molecule has 0 bridgehead atoms. The minimum Gasteiger partial charge on any atom is -0.508 e. The summed E-state index contributed by atoms with van der Waals surface area (Å²) in [6.45, 7) is 3.16. The Bertz CT molecular complexity index is 939. The highest BCUT2D eigenvalue weighted by molar-refractivity contribution is 6.11. The fourth-order valence-electron chi connectivity index (χ4n) is 3.36. The summed E-state index contributed by atoms with van der Waals surface area (Å²) in [5.41, 5.74) is -0.274. The molecule has 1 aliphatic rings. The number of methoxy groups -OCH3 is 2. The van der Waals surface area contributed by atoms with Crippen molar-refractivity contribution in [3.05, 3.63) is 53.1 Å². The fraction of sp³-hybridized carbons (Fsp3) is 0.318. The number of ketones is 1. The molecule has 0 saturated heterocycles. The number of carbonyl (C=O) groups is 1. The van der Waals surface area contributed by atoms with Crippen LogP contribution in [0.5, 0.6) is 23.0 Å². The van der Waals surface area contributed by atoms with E-state index in [0.717, 1.165) is 0 Å². The summed E-state index contributed by atoms with van der Waals surface area (Å²) in [6.07, 6.45) is 1.35. The van der Waals surface area contributed by atoms with Crippen LogP contribution in [0.3, 0.4) is 0 Å². The number of aliphatic hydroxyl groups is 1. The van der Waals surface area contributed by atoms with Gasteiger partial charge >= 0.3 is 0 Å². The molecule has 7 heteroatoms. The van der Waals surface area contributed by atoms with Gasteiger partial charge in [0, 0.05) is 13.2 Å². The highest BCUT2D eigenvalue weighted by atomic mass is 16.6. The normalized spacial score (nSPS) is 18.5. The van der Waals surface area contributed by atoms with Crippen LogP contribution in [0.25, 0.3) is 6.08 Å². The Kier molecular flexibility index (Phi) is 5.55. The first-order chi connectivity index (χ1) is 13.7. The summed E-state index contributed by atoms with van der Waals surface area (Å²) in [5.74, 6) is -0.223. The molecule has 29 heavy (non-hydrogen) atoms. The molecule has 2 aromatic rings. The van der Waals surface area contributed by atoms with Gasteiger partial charge in [0.1, 0.15) is 34.7 Å². The molecule has 1 aliphatic heterocycles. The van der Waals surface area contributed by atoms with Gasteiger partial charge in [-0.05, 0) is 37.6 Å². The minimum atomic E-state index is -1.25. The van der Waals surface area contributed by atoms with Gasteiger partial charge in [0.15, 0.2) is 11.9 Å². The first-order valence-electron chi connectivity index (χ1n) is 9.04. The van der Waals surface area contributed by atoms with E-state index in [9.17, 15) is 20.1 Å². The number of aromatic hydroxyl groups is 2. The molecule has 0 amide bonds. The molecule has 0 radical (unpaired) electrons. The second kappa shape index (κ2) is 7.77. The number of rotatable bonds is 6. The van der Waals surface area contributed by atoms with Crippen LogP contribution in [0.1, 0.15) is 41.4 Å². The van der Waals surface area contributed by atoms with E-state index in [1.807, 2.05) is 0 Å². The second-order valence-corrected chi connectivity index (χ2v) is 7.35. The van der Waals surface area contributed by atoms with Gasteiger partial charge in [-0.3, -0.25) is 4.79 Å². The quantitative estimate of drug-likeness (QED) is 0.505. The van der Waals surface area contributed by atoms with Crippen LogP contribution in [0.4, 0.5) is 0 Å². The molecule has 154 valence electrons. The van der Waals surface area contributed by atoms with Crippen molar-refractivity contribution in [2.75, 3.05) is 14.2 Å². The third-order valence-electron chi connectivity index (χ3n) is 4.82. The molecule has 0 fully saturated rings. The van der Waals surface area contributed by atoms with Crippen molar-refractivity contribution in [2.24, 2.45) is 0 Å². The number of carbonyl (C=O) groups excluding carboxylic acids is 1. The van der Waals surface area contributed by atoms with E-state index >= 15 is 0 Å². The Hall–Kier alpha value is -3.03. The number of phenols is 2. The number of benzene rings is 2. The van der Waals surface area contributed by atoms with Gasteiger partial charge in [0.2, 0.25) is 0 Å². The first kappa shape index (κ1) is 20.7. The number of hydrogen-bond donors (Lipinski definition) is 3. The summed E-state index contributed by atoms with van der Waals surface area (Å²) in [5, 5.41) is 30.7. The Balaban J connectivity index is 2.02. The number of phenolic OH excluding ortho intramolecular Hbond substituents is 2. The summed E-state index contributed by atoms with van der Waals surface area (Å²) >= 11 is 0. The van der Waals surface area contributed by atoms with Crippen LogP contribution in [0.2, 0.25) is 0 Å². The van der Waals surface area contributed by atoms with Gasteiger partial charge in [-0.1, -0.05) is 18.2 Å². The SMILES string of the molecule is COc1cc2c(c(O)c1C(=O)/C=C/c1ccc(O)cc1)C(OC)C(C(C)(C)O)O2. The molecule has 0 spiro atoms. The first-order valence-corrected chi connectivity index (χ1v) is 9.04. The molecule has 3 rings (SSSR count). The summed E-state index contributed by atoms with van der Waals surface area (Å²) < 4.78 is 16.6. The molecule has 2 unspecified atom stereocenters. The van der Waals surface area contributed by atoms with Gasteiger partial charge in [-0.25, -0.2) is 0 Å². The van der Waals surface area contributed by atoms with Crippen LogP contribution in [0, 0.1) is 0 Å².